The highest BCUT2D eigenvalue weighted by Gasteiger charge is 2.77. The fourth-order valence-electron chi connectivity index (χ4n) is 14.5. The Hall–Kier alpha value is -4.02. The van der Waals surface area contributed by atoms with Gasteiger partial charge in [0, 0.05) is 55.7 Å². The van der Waals surface area contributed by atoms with Crippen LogP contribution >= 0.6 is 0 Å². The average molecular weight is 752 g/mol. The number of likely N-dealkylation sites (tertiary alicyclic amines) is 2. The summed E-state index contributed by atoms with van der Waals surface area (Å²) in [5, 5.41) is 50.8. The first kappa shape index (κ1) is 32.0. The third-order valence-corrected chi connectivity index (χ3v) is 17.2. The molecule has 2 spiro atoms. The molecule has 8 atom stereocenters. The molecule has 4 fully saturated rings. The minimum Gasteiger partial charge on any atom is -0.504 e. The molecule has 4 bridgehead atoms. The molecule has 9 nitrogen and oxygen atoms in total. The second kappa shape index (κ2) is 10.2. The Morgan fingerprint density at radius 2 is 1.11 bits per heavy atom. The van der Waals surface area contributed by atoms with Crippen LogP contribution in [0.2, 0.25) is 0 Å². The molecule has 5 heterocycles. The zero-order chi connectivity index (χ0) is 37.1. The van der Waals surface area contributed by atoms with Gasteiger partial charge in [0.2, 0.25) is 0 Å². The van der Waals surface area contributed by atoms with Gasteiger partial charge >= 0.3 is 0 Å². The number of phenols is 2. The lowest BCUT2D eigenvalue weighted by atomic mass is 9.47. The summed E-state index contributed by atoms with van der Waals surface area (Å²) in [6, 6.07) is 18.2. The van der Waals surface area contributed by atoms with Gasteiger partial charge in [-0.1, -0.05) is 42.5 Å². The monoisotopic (exact) mass is 751 g/mol. The van der Waals surface area contributed by atoms with E-state index in [9.17, 15) is 20.4 Å². The van der Waals surface area contributed by atoms with Crippen molar-refractivity contribution in [3.63, 3.8) is 0 Å². The van der Waals surface area contributed by atoms with Gasteiger partial charge < -0.3 is 34.5 Å². The minimum atomic E-state index is -1.14. The minimum absolute atomic E-state index is 0.0835. The Bertz CT molecular complexity index is 2280. The zero-order valence-electron chi connectivity index (χ0n) is 31.7. The van der Waals surface area contributed by atoms with Crippen molar-refractivity contribution in [3.8, 4) is 23.0 Å². The lowest BCUT2D eigenvalue weighted by Gasteiger charge is -2.63. The van der Waals surface area contributed by atoms with Crippen LogP contribution < -0.4 is 9.47 Å². The van der Waals surface area contributed by atoms with Crippen molar-refractivity contribution in [1.82, 2.24) is 14.4 Å². The fraction of sp³-hybridized carbons (Fsp3) is 0.532. The number of ether oxygens (including phenoxy) is 2. The van der Waals surface area contributed by atoms with Gasteiger partial charge in [-0.2, -0.15) is 0 Å². The molecule has 2 unspecified atom stereocenters. The van der Waals surface area contributed by atoms with Crippen molar-refractivity contribution in [1.29, 1.82) is 0 Å². The zero-order valence-corrected chi connectivity index (χ0v) is 31.7. The van der Waals surface area contributed by atoms with Gasteiger partial charge in [-0.15, -0.1) is 0 Å². The molecule has 288 valence electrons. The maximum absolute atomic E-state index is 13.9. The summed E-state index contributed by atoms with van der Waals surface area (Å²) in [5.74, 6) is 2.74. The Morgan fingerprint density at radius 1 is 0.625 bits per heavy atom. The molecule has 4 aromatic rings. The molecule has 14 rings (SSSR count). The average Bonchev–Trinajstić information content (AvgIpc) is 4.10. The summed E-state index contributed by atoms with van der Waals surface area (Å²) in [4.78, 5) is 5.19. The number of benzene rings is 3. The lowest BCUT2D eigenvalue weighted by Crippen LogP contribution is -2.75. The molecule has 9 heteroatoms. The fourth-order valence-corrected chi connectivity index (χ4v) is 14.5. The van der Waals surface area contributed by atoms with Crippen LogP contribution in [-0.2, 0) is 43.1 Å². The summed E-state index contributed by atoms with van der Waals surface area (Å²) in [6.45, 7) is 4.37. The van der Waals surface area contributed by atoms with Crippen molar-refractivity contribution in [2.45, 2.75) is 117 Å². The molecular weight excluding hydrogens is 703 g/mol. The molecule has 2 saturated heterocycles. The highest BCUT2D eigenvalue weighted by atomic mass is 16.5. The Kier molecular flexibility index (Phi) is 5.80. The Balaban J connectivity index is 1.04. The van der Waals surface area contributed by atoms with Crippen molar-refractivity contribution in [3.05, 3.63) is 105 Å². The topological polar surface area (TPSA) is 111 Å². The van der Waals surface area contributed by atoms with E-state index in [1.807, 2.05) is 0 Å². The number of rotatable bonds is 6. The normalized spacial score (nSPS) is 37.6. The van der Waals surface area contributed by atoms with E-state index < -0.39 is 34.2 Å². The molecule has 0 radical (unpaired) electrons. The predicted octanol–water partition coefficient (Wildman–Crippen LogP) is 5.35. The first-order valence-electron chi connectivity index (χ1n) is 21.5. The first-order valence-corrected chi connectivity index (χ1v) is 21.5. The van der Waals surface area contributed by atoms with E-state index in [0.717, 1.165) is 91.1 Å². The van der Waals surface area contributed by atoms with Crippen molar-refractivity contribution in [2.75, 3.05) is 26.2 Å². The second-order valence-electron chi connectivity index (χ2n) is 19.7. The molecule has 2 saturated carbocycles. The van der Waals surface area contributed by atoms with Crippen LogP contribution in [0, 0.1) is 11.8 Å². The van der Waals surface area contributed by atoms with Crippen molar-refractivity contribution >= 4 is 0 Å². The maximum Gasteiger partial charge on any atom is 0.166 e. The van der Waals surface area contributed by atoms with Crippen LogP contribution in [0.5, 0.6) is 23.0 Å². The SMILES string of the molecule is Oc1ccc2c3c1O[C@H]1c4c(c5c(n4Cc4ccccc4)[C@@H]4Oc6c(O)ccc7c6[C@@]46CCN(CC4CC4)C(C7)[C@]6(O)C5)C[C@@]4(O)C(C2)N(CC2CC2)CC[C@]314. The van der Waals surface area contributed by atoms with Gasteiger partial charge in [0.1, 0.15) is 0 Å². The van der Waals surface area contributed by atoms with Gasteiger partial charge in [0.05, 0.1) is 33.4 Å². The van der Waals surface area contributed by atoms with Gasteiger partial charge in [-0.3, -0.25) is 9.80 Å². The Morgan fingerprint density at radius 3 is 1.57 bits per heavy atom. The van der Waals surface area contributed by atoms with E-state index in [1.54, 1.807) is 12.1 Å². The summed E-state index contributed by atoms with van der Waals surface area (Å²) < 4.78 is 16.9. The van der Waals surface area contributed by atoms with Gasteiger partial charge in [0.15, 0.2) is 35.2 Å². The number of fused-ring (bicyclic) bond motifs is 5. The number of aromatic nitrogens is 1. The van der Waals surface area contributed by atoms with E-state index in [-0.39, 0.29) is 23.6 Å². The summed E-state index contributed by atoms with van der Waals surface area (Å²) in [5.41, 5.74) is 6.13. The largest absolute Gasteiger partial charge is 0.504 e. The van der Waals surface area contributed by atoms with Crippen LogP contribution in [-0.4, -0.2) is 84.3 Å². The van der Waals surface area contributed by atoms with Gasteiger partial charge in [-0.25, -0.2) is 0 Å². The van der Waals surface area contributed by atoms with E-state index in [4.69, 9.17) is 9.47 Å². The molecule has 4 aliphatic heterocycles. The standard InChI is InChI=1S/C47H49N3O6/c51-32-12-10-28-18-34-46(53)20-30-31-21-47(54)35-19-29-11-13-33(52)41-37(29)45(47,15-17-49(35)23-27-8-9-27)43(56-41)39(31)50(24-25-4-2-1-3-5-25)38(30)42-44(46,36(28)40(32)55-42)14-16-48(34)22-26-6-7-26/h1-5,10-13,26-27,34-35,42-43,51-54H,6-9,14-24H2/t34?,35?,42-,43-,44-,45-,46+,47+/m0/s1. The highest BCUT2D eigenvalue weighted by molar-refractivity contribution is 5.69. The number of phenolic OH excluding ortho intramolecular Hbond substituents is 2. The predicted molar refractivity (Wildman–Crippen MR) is 206 cm³/mol. The van der Waals surface area contributed by atoms with Crippen molar-refractivity contribution in [2.24, 2.45) is 11.8 Å². The number of nitrogens with zero attached hydrogens (tertiary/aromatic N) is 3. The number of piperidine rings is 2. The third kappa shape index (κ3) is 3.54. The molecule has 3 aromatic carbocycles. The summed E-state index contributed by atoms with van der Waals surface area (Å²) >= 11 is 0. The van der Waals surface area contributed by atoms with Crippen LogP contribution in [0.3, 0.4) is 0 Å². The van der Waals surface area contributed by atoms with E-state index in [0.29, 0.717) is 42.7 Å². The van der Waals surface area contributed by atoms with Crippen LogP contribution in [0.25, 0.3) is 0 Å². The molecule has 56 heavy (non-hydrogen) atoms. The molecular formula is C47H49N3O6. The van der Waals surface area contributed by atoms with Gasteiger partial charge in [0.25, 0.3) is 0 Å². The third-order valence-electron chi connectivity index (χ3n) is 17.2. The van der Waals surface area contributed by atoms with Gasteiger partial charge in [-0.05, 0) is 116 Å². The maximum atomic E-state index is 13.9. The van der Waals surface area contributed by atoms with E-state index >= 15 is 0 Å². The highest BCUT2D eigenvalue weighted by Crippen LogP contribution is 2.73. The number of aliphatic hydroxyl groups is 2. The van der Waals surface area contributed by atoms with Crippen LogP contribution in [0.15, 0.2) is 54.6 Å². The second-order valence-corrected chi connectivity index (χ2v) is 19.7. The Labute approximate surface area is 326 Å². The molecule has 1 aromatic heterocycles. The number of hydrogen-bond acceptors (Lipinski definition) is 8. The number of hydrogen-bond donors (Lipinski definition) is 4. The molecule has 4 N–H and O–H groups in total. The van der Waals surface area contributed by atoms with Crippen molar-refractivity contribution < 1.29 is 29.9 Å². The molecule has 10 aliphatic rings. The van der Waals surface area contributed by atoms with Crippen LogP contribution in [0.1, 0.15) is 101 Å². The lowest BCUT2D eigenvalue weighted by molar-refractivity contribution is -0.176. The smallest absolute Gasteiger partial charge is 0.166 e. The number of aromatic hydroxyl groups is 2. The summed E-state index contributed by atoms with van der Waals surface area (Å²) in [7, 11) is 0. The first-order chi connectivity index (χ1) is 27.2. The molecule has 0 amide bonds. The summed E-state index contributed by atoms with van der Waals surface area (Å²) in [6.07, 6.45) is 7.84. The van der Waals surface area contributed by atoms with E-state index in [2.05, 4.69) is 56.8 Å². The quantitative estimate of drug-likeness (QED) is 0.209. The van der Waals surface area contributed by atoms with E-state index in [1.165, 1.54) is 36.8 Å². The molecule has 6 aliphatic carbocycles. The van der Waals surface area contributed by atoms with Crippen LogP contribution in [0.4, 0.5) is 0 Å².